The van der Waals surface area contributed by atoms with Gasteiger partial charge in [-0.25, -0.2) is 0 Å². The first kappa shape index (κ1) is 24.4. The van der Waals surface area contributed by atoms with E-state index in [1.54, 1.807) is 0 Å². The molecule has 3 aromatic heterocycles. The molecule has 7 aromatic carbocycles. The third-order valence-corrected chi connectivity index (χ3v) is 9.21. The minimum Gasteiger partial charge on any atom is -0.456 e. The first-order chi connectivity index (χ1) is 22.3. The summed E-state index contributed by atoms with van der Waals surface area (Å²) in [6, 6.07) is 53.6. The predicted molar refractivity (Wildman–Crippen MR) is 186 cm³/mol. The fraction of sp³-hybridized carbons (Fsp3) is 0. The van der Waals surface area contributed by atoms with Crippen LogP contribution in [0.25, 0.3) is 93.6 Å². The lowest BCUT2D eigenvalue weighted by molar-refractivity contribution is 0.666. The number of fused-ring (bicyclic) bond motifs is 9. The van der Waals surface area contributed by atoms with Crippen LogP contribution in [0.15, 0.2) is 160 Å². The van der Waals surface area contributed by atoms with E-state index >= 15 is 0 Å². The molecule has 0 unspecified atom stereocenters. The standard InChI is InChI=1S/C42H25NO2/c1-2-10-26(11-3-1)27-20-22-36-33(24-27)30-12-4-6-16-35(30)43(36)37-17-8-15-31-34-25-28(21-23-39(34)45-42(31)37)29-14-9-19-40-41(29)32-13-5-7-18-38(32)44-40/h1-25H. The zero-order chi connectivity index (χ0) is 29.5. The smallest absolute Gasteiger partial charge is 0.159 e. The molecule has 0 atom stereocenters. The molecule has 10 rings (SSSR count). The number of benzene rings is 7. The first-order valence-corrected chi connectivity index (χ1v) is 15.3. The van der Waals surface area contributed by atoms with E-state index in [1.165, 1.54) is 21.9 Å². The van der Waals surface area contributed by atoms with E-state index in [4.69, 9.17) is 8.83 Å². The van der Waals surface area contributed by atoms with E-state index < -0.39 is 0 Å². The lowest BCUT2D eigenvalue weighted by atomic mass is 9.98. The van der Waals surface area contributed by atoms with Crippen LogP contribution in [-0.2, 0) is 0 Å². The minimum absolute atomic E-state index is 0.873. The van der Waals surface area contributed by atoms with E-state index in [0.29, 0.717) is 0 Å². The molecule has 0 aliphatic carbocycles. The molecule has 0 amide bonds. The van der Waals surface area contributed by atoms with Crippen molar-refractivity contribution >= 4 is 65.7 Å². The van der Waals surface area contributed by atoms with Gasteiger partial charge in [0.15, 0.2) is 5.58 Å². The van der Waals surface area contributed by atoms with Gasteiger partial charge < -0.3 is 13.4 Å². The highest BCUT2D eigenvalue weighted by Crippen LogP contribution is 2.42. The highest BCUT2D eigenvalue weighted by Gasteiger charge is 2.19. The zero-order valence-corrected chi connectivity index (χ0v) is 24.2. The Balaban J connectivity index is 1.20. The summed E-state index contributed by atoms with van der Waals surface area (Å²) in [4.78, 5) is 0. The van der Waals surface area contributed by atoms with Gasteiger partial charge in [0.25, 0.3) is 0 Å². The lowest BCUT2D eigenvalue weighted by Gasteiger charge is -2.09. The van der Waals surface area contributed by atoms with E-state index in [1.807, 2.05) is 18.2 Å². The predicted octanol–water partition coefficient (Wildman–Crippen LogP) is 11.9. The Morgan fingerprint density at radius 2 is 1.07 bits per heavy atom. The second kappa shape index (κ2) is 9.22. The van der Waals surface area contributed by atoms with Gasteiger partial charge in [-0.3, -0.25) is 0 Å². The Hall–Kier alpha value is -6.06. The third-order valence-electron chi connectivity index (χ3n) is 9.21. The van der Waals surface area contributed by atoms with Gasteiger partial charge in [-0.2, -0.15) is 0 Å². The maximum atomic E-state index is 6.69. The van der Waals surface area contributed by atoms with Crippen molar-refractivity contribution in [2.75, 3.05) is 0 Å². The largest absolute Gasteiger partial charge is 0.456 e. The number of para-hydroxylation sites is 3. The van der Waals surface area contributed by atoms with Crippen LogP contribution in [0.5, 0.6) is 0 Å². The normalized spacial score (nSPS) is 12.0. The van der Waals surface area contributed by atoms with E-state index in [2.05, 4.69) is 138 Å². The molecule has 0 N–H and O–H groups in total. The van der Waals surface area contributed by atoms with Gasteiger partial charge in [0.05, 0.1) is 16.7 Å². The minimum atomic E-state index is 0.873. The van der Waals surface area contributed by atoms with Crippen molar-refractivity contribution in [1.82, 2.24) is 4.57 Å². The van der Waals surface area contributed by atoms with Crippen LogP contribution in [0.3, 0.4) is 0 Å². The van der Waals surface area contributed by atoms with Gasteiger partial charge in [-0.1, -0.05) is 103 Å². The summed E-state index contributed by atoms with van der Waals surface area (Å²) in [6.07, 6.45) is 0. The molecule has 0 aliphatic heterocycles. The molecular weight excluding hydrogens is 550 g/mol. The zero-order valence-electron chi connectivity index (χ0n) is 24.2. The molecule has 0 bridgehead atoms. The second-order valence-corrected chi connectivity index (χ2v) is 11.7. The average Bonchev–Trinajstić information content (AvgIpc) is 3.77. The molecule has 0 fully saturated rings. The van der Waals surface area contributed by atoms with Gasteiger partial charge in [0.2, 0.25) is 0 Å². The highest BCUT2D eigenvalue weighted by molar-refractivity contribution is 6.16. The van der Waals surface area contributed by atoms with Crippen molar-refractivity contribution in [2.24, 2.45) is 0 Å². The van der Waals surface area contributed by atoms with Crippen LogP contribution < -0.4 is 0 Å². The first-order valence-electron chi connectivity index (χ1n) is 15.3. The molecule has 0 radical (unpaired) electrons. The number of rotatable bonds is 3. The maximum absolute atomic E-state index is 6.69. The lowest BCUT2D eigenvalue weighted by Crippen LogP contribution is -1.94. The van der Waals surface area contributed by atoms with Crippen molar-refractivity contribution < 1.29 is 8.83 Å². The molecule has 3 heterocycles. The van der Waals surface area contributed by atoms with Crippen molar-refractivity contribution in [2.45, 2.75) is 0 Å². The Kier molecular flexibility index (Phi) is 5.00. The number of furan rings is 2. The Bertz CT molecular complexity index is 2760. The Labute approximate surface area is 258 Å². The van der Waals surface area contributed by atoms with Crippen LogP contribution in [0.2, 0.25) is 0 Å². The average molecular weight is 576 g/mol. The molecule has 3 nitrogen and oxygen atoms in total. The molecule has 210 valence electrons. The number of hydrogen-bond acceptors (Lipinski definition) is 2. The van der Waals surface area contributed by atoms with Crippen molar-refractivity contribution in [3.63, 3.8) is 0 Å². The molecule has 0 saturated carbocycles. The van der Waals surface area contributed by atoms with Crippen LogP contribution in [0.1, 0.15) is 0 Å². The van der Waals surface area contributed by atoms with E-state index in [0.717, 1.165) is 71.7 Å². The monoisotopic (exact) mass is 575 g/mol. The summed E-state index contributed by atoms with van der Waals surface area (Å²) in [6.45, 7) is 0. The van der Waals surface area contributed by atoms with Crippen LogP contribution in [0.4, 0.5) is 0 Å². The van der Waals surface area contributed by atoms with Gasteiger partial charge in [0.1, 0.15) is 16.7 Å². The summed E-state index contributed by atoms with van der Waals surface area (Å²) >= 11 is 0. The van der Waals surface area contributed by atoms with Gasteiger partial charge in [-0.05, 0) is 70.8 Å². The van der Waals surface area contributed by atoms with Crippen LogP contribution in [0, 0.1) is 0 Å². The molecular formula is C42H25NO2. The number of nitrogens with zero attached hydrogens (tertiary/aromatic N) is 1. The molecule has 0 spiro atoms. The Morgan fingerprint density at radius 1 is 0.378 bits per heavy atom. The SMILES string of the molecule is c1ccc(-c2ccc3c(c2)c2ccccc2n3-c2cccc3c2oc2ccc(-c4cccc5oc6ccccc6c45)cc23)cc1. The fourth-order valence-electron chi connectivity index (χ4n) is 7.19. The van der Waals surface area contributed by atoms with Gasteiger partial charge in [-0.15, -0.1) is 0 Å². The Morgan fingerprint density at radius 3 is 2.00 bits per heavy atom. The van der Waals surface area contributed by atoms with Crippen molar-refractivity contribution in [3.05, 3.63) is 152 Å². The van der Waals surface area contributed by atoms with Gasteiger partial charge in [0, 0.05) is 32.3 Å². The fourth-order valence-corrected chi connectivity index (χ4v) is 7.19. The number of aromatic nitrogens is 1. The van der Waals surface area contributed by atoms with Gasteiger partial charge >= 0.3 is 0 Å². The number of hydrogen-bond donors (Lipinski definition) is 0. The maximum Gasteiger partial charge on any atom is 0.159 e. The summed E-state index contributed by atoms with van der Waals surface area (Å²) in [5, 5.41) is 6.91. The van der Waals surface area contributed by atoms with Crippen molar-refractivity contribution in [1.29, 1.82) is 0 Å². The summed E-state index contributed by atoms with van der Waals surface area (Å²) in [5.74, 6) is 0. The molecule has 3 heteroatoms. The topological polar surface area (TPSA) is 31.2 Å². The highest BCUT2D eigenvalue weighted by atomic mass is 16.3. The summed E-state index contributed by atoms with van der Waals surface area (Å²) in [7, 11) is 0. The molecule has 0 aliphatic rings. The molecule has 0 saturated heterocycles. The summed E-state index contributed by atoms with van der Waals surface area (Å²) in [5.41, 5.74) is 11.6. The van der Waals surface area contributed by atoms with E-state index in [9.17, 15) is 0 Å². The van der Waals surface area contributed by atoms with E-state index in [-0.39, 0.29) is 0 Å². The quantitative estimate of drug-likeness (QED) is 0.210. The van der Waals surface area contributed by atoms with Crippen molar-refractivity contribution in [3.8, 4) is 27.9 Å². The van der Waals surface area contributed by atoms with Crippen LogP contribution in [-0.4, -0.2) is 4.57 Å². The molecule has 10 aromatic rings. The molecule has 45 heavy (non-hydrogen) atoms. The van der Waals surface area contributed by atoms with Crippen LogP contribution >= 0.6 is 0 Å². The third kappa shape index (κ3) is 3.52. The summed E-state index contributed by atoms with van der Waals surface area (Å²) < 4.78 is 15.2. The second-order valence-electron chi connectivity index (χ2n) is 11.7.